The summed E-state index contributed by atoms with van der Waals surface area (Å²) in [5, 5.41) is 0. The molecule has 0 aliphatic rings. The first-order valence-electron chi connectivity index (χ1n) is 5.66. The Morgan fingerprint density at radius 3 is 2.89 bits per heavy atom. The zero-order chi connectivity index (χ0) is 12.7. The molecule has 3 aromatic rings. The van der Waals surface area contributed by atoms with Gasteiger partial charge in [-0.25, -0.2) is 9.37 Å². The number of nitrogens with two attached hydrogens (primary N) is 1. The van der Waals surface area contributed by atoms with Crippen molar-refractivity contribution in [2.75, 3.05) is 5.73 Å². The minimum absolute atomic E-state index is 0.276. The van der Waals surface area contributed by atoms with Crippen LogP contribution in [0.2, 0.25) is 0 Å². The summed E-state index contributed by atoms with van der Waals surface area (Å²) in [6.07, 6.45) is 0. The van der Waals surface area contributed by atoms with E-state index >= 15 is 0 Å². The van der Waals surface area contributed by atoms with Crippen molar-refractivity contribution < 1.29 is 4.39 Å². The van der Waals surface area contributed by atoms with Crippen molar-refractivity contribution >= 4 is 16.7 Å². The number of nitrogens with one attached hydrogen (secondary N) is 1. The Morgan fingerprint density at radius 1 is 1.22 bits per heavy atom. The van der Waals surface area contributed by atoms with Crippen LogP contribution in [0.3, 0.4) is 0 Å². The predicted octanol–water partition coefficient (Wildman–Crippen LogP) is 3.26. The van der Waals surface area contributed by atoms with Crippen LogP contribution in [0.25, 0.3) is 22.4 Å². The molecule has 0 spiro atoms. The van der Waals surface area contributed by atoms with E-state index in [0.29, 0.717) is 11.3 Å². The maximum atomic E-state index is 13.1. The normalized spacial score (nSPS) is 11.0. The van der Waals surface area contributed by atoms with Gasteiger partial charge in [0.2, 0.25) is 0 Å². The first-order valence-corrected chi connectivity index (χ1v) is 5.66. The van der Waals surface area contributed by atoms with Crippen molar-refractivity contribution in [3.63, 3.8) is 0 Å². The van der Waals surface area contributed by atoms with Gasteiger partial charge < -0.3 is 10.7 Å². The third kappa shape index (κ3) is 1.62. The number of aromatic nitrogens is 2. The summed E-state index contributed by atoms with van der Waals surface area (Å²) in [4.78, 5) is 7.56. The highest BCUT2D eigenvalue weighted by Gasteiger charge is 2.09. The van der Waals surface area contributed by atoms with Crippen LogP contribution in [-0.4, -0.2) is 9.97 Å². The van der Waals surface area contributed by atoms with Crippen molar-refractivity contribution in [1.29, 1.82) is 0 Å². The number of hydrogen-bond acceptors (Lipinski definition) is 2. The molecule has 1 aromatic heterocycles. The number of aromatic amines is 1. The molecule has 0 aliphatic heterocycles. The van der Waals surface area contributed by atoms with Crippen molar-refractivity contribution in [2.24, 2.45) is 0 Å². The minimum Gasteiger partial charge on any atom is -0.398 e. The Hall–Kier alpha value is -2.36. The highest BCUT2D eigenvalue weighted by Crippen LogP contribution is 2.26. The Bertz CT molecular complexity index is 731. The zero-order valence-corrected chi connectivity index (χ0v) is 9.87. The lowest BCUT2D eigenvalue weighted by atomic mass is 10.1. The molecule has 0 bridgehead atoms. The molecule has 18 heavy (non-hydrogen) atoms. The van der Waals surface area contributed by atoms with Gasteiger partial charge in [-0.2, -0.15) is 0 Å². The second-order valence-corrected chi connectivity index (χ2v) is 4.27. The number of hydrogen-bond donors (Lipinski definition) is 2. The predicted molar refractivity (Wildman–Crippen MR) is 70.6 cm³/mol. The molecule has 0 unspecified atom stereocenters. The molecule has 0 saturated carbocycles. The lowest BCUT2D eigenvalue weighted by Gasteiger charge is -2.04. The van der Waals surface area contributed by atoms with Gasteiger partial charge in [0.1, 0.15) is 11.6 Å². The number of benzene rings is 2. The Morgan fingerprint density at radius 2 is 2.06 bits per heavy atom. The summed E-state index contributed by atoms with van der Waals surface area (Å²) < 4.78 is 13.1. The number of anilines is 1. The molecule has 90 valence electrons. The molecule has 0 amide bonds. The molecule has 0 fully saturated rings. The van der Waals surface area contributed by atoms with E-state index in [1.807, 2.05) is 25.1 Å². The number of H-pyrrole nitrogens is 1. The van der Waals surface area contributed by atoms with Crippen molar-refractivity contribution in [1.82, 2.24) is 9.97 Å². The average Bonchev–Trinajstić information content (AvgIpc) is 2.75. The molecule has 0 atom stereocenters. The quantitative estimate of drug-likeness (QED) is 0.642. The summed E-state index contributed by atoms with van der Waals surface area (Å²) in [6, 6.07) is 10.2. The average molecular weight is 241 g/mol. The number of fused-ring (bicyclic) bond motifs is 1. The summed E-state index contributed by atoms with van der Waals surface area (Å²) in [7, 11) is 0. The third-order valence-corrected chi connectivity index (χ3v) is 3.07. The van der Waals surface area contributed by atoms with Gasteiger partial charge in [0.05, 0.1) is 11.0 Å². The van der Waals surface area contributed by atoms with Crippen molar-refractivity contribution in [3.8, 4) is 11.4 Å². The van der Waals surface area contributed by atoms with Crippen LogP contribution in [0.15, 0.2) is 36.4 Å². The van der Waals surface area contributed by atoms with E-state index in [1.54, 1.807) is 6.07 Å². The van der Waals surface area contributed by atoms with Crippen LogP contribution in [0.4, 0.5) is 10.1 Å². The first-order chi connectivity index (χ1) is 8.65. The maximum absolute atomic E-state index is 13.1. The van der Waals surface area contributed by atoms with E-state index in [9.17, 15) is 4.39 Å². The van der Waals surface area contributed by atoms with Crippen LogP contribution < -0.4 is 5.73 Å². The zero-order valence-electron chi connectivity index (χ0n) is 9.87. The highest BCUT2D eigenvalue weighted by molar-refractivity contribution is 5.81. The van der Waals surface area contributed by atoms with Crippen molar-refractivity contribution in [3.05, 3.63) is 47.8 Å². The molecular formula is C14H12FN3. The fraction of sp³-hybridized carbons (Fsp3) is 0.0714. The van der Waals surface area contributed by atoms with Crippen molar-refractivity contribution in [2.45, 2.75) is 6.92 Å². The van der Waals surface area contributed by atoms with E-state index in [4.69, 9.17) is 5.73 Å². The summed E-state index contributed by atoms with van der Waals surface area (Å²) >= 11 is 0. The number of nitrogens with zero attached hydrogens (tertiary/aromatic N) is 1. The first kappa shape index (κ1) is 10.8. The third-order valence-electron chi connectivity index (χ3n) is 3.07. The summed E-state index contributed by atoms with van der Waals surface area (Å²) in [5.41, 5.74) is 9.93. The second kappa shape index (κ2) is 3.84. The molecule has 0 saturated heterocycles. The van der Waals surface area contributed by atoms with E-state index in [-0.39, 0.29) is 5.82 Å². The molecule has 0 radical (unpaired) electrons. The van der Waals surface area contributed by atoms with Crippen LogP contribution in [-0.2, 0) is 0 Å². The molecule has 4 heteroatoms. The van der Waals surface area contributed by atoms with Gasteiger partial charge in [0, 0.05) is 11.3 Å². The molecule has 2 aromatic carbocycles. The number of nitrogen functional groups attached to an aromatic ring is 1. The minimum atomic E-state index is -0.276. The van der Waals surface area contributed by atoms with Gasteiger partial charge in [0.15, 0.2) is 0 Å². The smallest absolute Gasteiger partial charge is 0.138 e. The number of imidazole rings is 1. The monoisotopic (exact) mass is 241 g/mol. The number of halogens is 1. The van der Waals surface area contributed by atoms with Gasteiger partial charge in [-0.15, -0.1) is 0 Å². The maximum Gasteiger partial charge on any atom is 0.138 e. The molecule has 3 nitrogen and oxygen atoms in total. The molecule has 0 aliphatic carbocycles. The lowest BCUT2D eigenvalue weighted by Crippen LogP contribution is -1.92. The van der Waals surface area contributed by atoms with Crippen LogP contribution in [0.1, 0.15) is 5.56 Å². The molecule has 1 heterocycles. The highest BCUT2D eigenvalue weighted by atomic mass is 19.1. The van der Waals surface area contributed by atoms with Crippen LogP contribution >= 0.6 is 0 Å². The Labute approximate surface area is 103 Å². The fourth-order valence-corrected chi connectivity index (χ4v) is 2.02. The standard InChI is InChI=1S/C14H12FN3/c1-8-10(3-2-4-11(8)16)14-17-12-6-5-9(15)7-13(12)18-14/h2-7H,16H2,1H3,(H,17,18). The second-order valence-electron chi connectivity index (χ2n) is 4.27. The molecular weight excluding hydrogens is 229 g/mol. The van der Waals surface area contributed by atoms with E-state index in [0.717, 1.165) is 22.3 Å². The Kier molecular flexibility index (Phi) is 2.30. The van der Waals surface area contributed by atoms with Crippen LogP contribution in [0.5, 0.6) is 0 Å². The van der Waals surface area contributed by atoms with Gasteiger partial charge in [-0.1, -0.05) is 12.1 Å². The molecule has 3 rings (SSSR count). The van der Waals surface area contributed by atoms with E-state index in [2.05, 4.69) is 9.97 Å². The summed E-state index contributed by atoms with van der Waals surface area (Å²) in [5.74, 6) is 0.433. The van der Waals surface area contributed by atoms with E-state index < -0.39 is 0 Å². The SMILES string of the molecule is Cc1c(N)cccc1-c1nc2ccc(F)cc2[nH]1. The summed E-state index contributed by atoms with van der Waals surface area (Å²) in [6.45, 7) is 1.94. The topological polar surface area (TPSA) is 54.7 Å². The van der Waals surface area contributed by atoms with Gasteiger partial charge in [0.25, 0.3) is 0 Å². The van der Waals surface area contributed by atoms with Gasteiger partial charge in [-0.05, 0) is 36.8 Å². The largest absolute Gasteiger partial charge is 0.398 e. The van der Waals surface area contributed by atoms with Gasteiger partial charge >= 0.3 is 0 Å². The Balaban J connectivity index is 2.22. The van der Waals surface area contributed by atoms with Gasteiger partial charge in [-0.3, -0.25) is 0 Å². The van der Waals surface area contributed by atoms with E-state index in [1.165, 1.54) is 12.1 Å². The molecule has 3 N–H and O–H groups in total. The van der Waals surface area contributed by atoms with Crippen LogP contribution in [0, 0.1) is 12.7 Å². The fourth-order valence-electron chi connectivity index (χ4n) is 2.02. The number of rotatable bonds is 1. The lowest BCUT2D eigenvalue weighted by molar-refractivity contribution is 0.629.